The first-order valence-electron chi connectivity index (χ1n) is 9.94. The average molecular weight is 430 g/mol. The SMILES string of the molecule is Cc1nn(-c2ccccc2)c(C)c1/C=C/C(=O)Nc1cnc2c(c1)c(=O)n(C)c(=O)n2C. The zero-order chi connectivity index (χ0) is 23.0. The molecule has 1 aromatic carbocycles. The molecule has 1 amide bonds. The van der Waals surface area contributed by atoms with E-state index in [1.54, 1.807) is 13.1 Å². The molecule has 0 aliphatic heterocycles. The van der Waals surface area contributed by atoms with Gasteiger partial charge in [-0.25, -0.2) is 14.5 Å². The van der Waals surface area contributed by atoms with E-state index in [1.807, 2.05) is 48.9 Å². The lowest BCUT2D eigenvalue weighted by Gasteiger charge is -2.08. The molecule has 162 valence electrons. The molecular formula is C23H22N6O3. The van der Waals surface area contributed by atoms with Gasteiger partial charge >= 0.3 is 5.69 Å². The number of pyridine rings is 1. The molecule has 0 spiro atoms. The van der Waals surface area contributed by atoms with Gasteiger partial charge in [-0.15, -0.1) is 0 Å². The number of nitrogens with zero attached hydrogens (tertiary/aromatic N) is 5. The van der Waals surface area contributed by atoms with Gasteiger partial charge in [-0.3, -0.25) is 18.7 Å². The summed E-state index contributed by atoms with van der Waals surface area (Å²) in [6.45, 7) is 3.83. The summed E-state index contributed by atoms with van der Waals surface area (Å²) in [5.74, 6) is -0.376. The highest BCUT2D eigenvalue weighted by molar-refractivity contribution is 6.02. The molecule has 9 nitrogen and oxygen atoms in total. The summed E-state index contributed by atoms with van der Waals surface area (Å²) in [5, 5.41) is 7.52. The first-order valence-corrected chi connectivity index (χ1v) is 9.94. The summed E-state index contributed by atoms with van der Waals surface area (Å²) in [6.07, 6.45) is 4.54. The number of para-hydroxylation sites is 1. The molecule has 1 N–H and O–H groups in total. The van der Waals surface area contributed by atoms with Gasteiger partial charge in [0.1, 0.15) is 5.65 Å². The highest BCUT2D eigenvalue weighted by atomic mass is 16.2. The van der Waals surface area contributed by atoms with Gasteiger partial charge < -0.3 is 5.32 Å². The van der Waals surface area contributed by atoms with E-state index in [4.69, 9.17) is 0 Å². The molecule has 3 aromatic heterocycles. The molecule has 0 aliphatic rings. The van der Waals surface area contributed by atoms with Crippen LogP contribution in [0.25, 0.3) is 22.8 Å². The maximum absolute atomic E-state index is 12.5. The molecule has 4 aromatic rings. The Labute approximate surface area is 183 Å². The van der Waals surface area contributed by atoms with E-state index in [1.165, 1.54) is 30.0 Å². The van der Waals surface area contributed by atoms with E-state index in [2.05, 4.69) is 15.4 Å². The fourth-order valence-corrected chi connectivity index (χ4v) is 3.59. The van der Waals surface area contributed by atoms with Crippen LogP contribution >= 0.6 is 0 Å². The lowest BCUT2D eigenvalue weighted by atomic mass is 10.2. The summed E-state index contributed by atoms with van der Waals surface area (Å²) in [6, 6.07) is 11.3. The van der Waals surface area contributed by atoms with Gasteiger partial charge in [-0.05, 0) is 38.1 Å². The molecule has 4 rings (SSSR count). The molecule has 0 atom stereocenters. The lowest BCUT2D eigenvalue weighted by Crippen LogP contribution is -2.37. The molecular weight excluding hydrogens is 408 g/mol. The van der Waals surface area contributed by atoms with Gasteiger partial charge in [-0.1, -0.05) is 18.2 Å². The van der Waals surface area contributed by atoms with Crippen LogP contribution in [0.1, 0.15) is 17.0 Å². The van der Waals surface area contributed by atoms with Crippen molar-refractivity contribution in [2.24, 2.45) is 14.1 Å². The third-order valence-corrected chi connectivity index (χ3v) is 5.31. The van der Waals surface area contributed by atoms with Crippen LogP contribution in [0.2, 0.25) is 0 Å². The Kier molecular flexibility index (Phi) is 5.31. The summed E-state index contributed by atoms with van der Waals surface area (Å²) >= 11 is 0. The van der Waals surface area contributed by atoms with Crippen LogP contribution < -0.4 is 16.6 Å². The first kappa shape index (κ1) is 21.0. The van der Waals surface area contributed by atoms with E-state index >= 15 is 0 Å². The van der Waals surface area contributed by atoms with Crippen LogP contribution in [0.5, 0.6) is 0 Å². The van der Waals surface area contributed by atoms with Crippen LogP contribution in [0.3, 0.4) is 0 Å². The van der Waals surface area contributed by atoms with Gasteiger partial charge in [0, 0.05) is 31.4 Å². The number of aryl methyl sites for hydroxylation is 2. The number of aromatic nitrogens is 5. The molecule has 0 fully saturated rings. The van der Waals surface area contributed by atoms with Crippen molar-refractivity contribution < 1.29 is 4.79 Å². The largest absolute Gasteiger partial charge is 0.332 e. The highest BCUT2D eigenvalue weighted by Crippen LogP contribution is 2.19. The zero-order valence-corrected chi connectivity index (χ0v) is 18.2. The van der Waals surface area contributed by atoms with Crippen LogP contribution in [-0.2, 0) is 18.9 Å². The molecule has 32 heavy (non-hydrogen) atoms. The van der Waals surface area contributed by atoms with Crippen molar-refractivity contribution in [3.05, 3.63) is 86.5 Å². The minimum atomic E-state index is -0.471. The van der Waals surface area contributed by atoms with E-state index < -0.39 is 11.2 Å². The molecule has 0 radical (unpaired) electrons. The number of nitrogens with one attached hydrogen (secondary N) is 1. The Morgan fingerprint density at radius 2 is 1.78 bits per heavy atom. The number of hydrogen-bond donors (Lipinski definition) is 1. The number of hydrogen-bond acceptors (Lipinski definition) is 5. The van der Waals surface area contributed by atoms with Crippen LogP contribution in [0.4, 0.5) is 5.69 Å². The summed E-state index contributed by atoms with van der Waals surface area (Å²) in [4.78, 5) is 41.1. The zero-order valence-electron chi connectivity index (χ0n) is 18.2. The monoisotopic (exact) mass is 430 g/mol. The smallest absolute Gasteiger partial charge is 0.321 e. The second kappa shape index (κ2) is 8.10. The van der Waals surface area contributed by atoms with Gasteiger partial charge in [0.05, 0.1) is 28.7 Å². The van der Waals surface area contributed by atoms with E-state index in [9.17, 15) is 14.4 Å². The fraction of sp³-hybridized carbons (Fsp3) is 0.174. The Morgan fingerprint density at radius 1 is 1.06 bits per heavy atom. The van der Waals surface area contributed by atoms with E-state index in [0.717, 1.165) is 27.2 Å². The number of amides is 1. The van der Waals surface area contributed by atoms with Crippen LogP contribution in [-0.4, -0.2) is 29.8 Å². The lowest BCUT2D eigenvalue weighted by molar-refractivity contribution is -0.111. The minimum Gasteiger partial charge on any atom is -0.321 e. The molecule has 0 saturated heterocycles. The average Bonchev–Trinajstić information content (AvgIpc) is 3.08. The maximum Gasteiger partial charge on any atom is 0.332 e. The van der Waals surface area contributed by atoms with Gasteiger partial charge in [0.2, 0.25) is 5.91 Å². The first-order chi connectivity index (χ1) is 15.3. The normalized spacial score (nSPS) is 11.4. The van der Waals surface area contributed by atoms with Crippen molar-refractivity contribution >= 4 is 28.7 Å². The Hall–Kier alpha value is -4.27. The fourth-order valence-electron chi connectivity index (χ4n) is 3.59. The van der Waals surface area contributed by atoms with Gasteiger partial charge in [0.25, 0.3) is 5.56 Å². The highest BCUT2D eigenvalue weighted by Gasteiger charge is 2.12. The molecule has 9 heteroatoms. The number of fused-ring (bicyclic) bond motifs is 1. The van der Waals surface area contributed by atoms with Crippen LogP contribution in [0.15, 0.2) is 58.3 Å². The van der Waals surface area contributed by atoms with Crippen molar-refractivity contribution in [1.82, 2.24) is 23.9 Å². The minimum absolute atomic E-state index is 0.243. The summed E-state index contributed by atoms with van der Waals surface area (Å²) < 4.78 is 4.13. The molecule has 0 saturated carbocycles. The quantitative estimate of drug-likeness (QED) is 0.499. The number of anilines is 1. The van der Waals surface area contributed by atoms with E-state index in [-0.39, 0.29) is 16.9 Å². The third-order valence-electron chi connectivity index (χ3n) is 5.31. The maximum atomic E-state index is 12.5. The number of carbonyl (C=O) groups is 1. The molecule has 0 aliphatic carbocycles. The van der Waals surface area contributed by atoms with Crippen molar-refractivity contribution in [3.8, 4) is 5.69 Å². The predicted molar refractivity (Wildman–Crippen MR) is 123 cm³/mol. The topological polar surface area (TPSA) is 104 Å². The predicted octanol–water partition coefficient (Wildman–Crippen LogP) is 2.09. The Balaban J connectivity index is 1.60. The summed E-state index contributed by atoms with van der Waals surface area (Å²) in [5.41, 5.74) is 3.18. The van der Waals surface area contributed by atoms with Crippen LogP contribution in [0, 0.1) is 13.8 Å². The van der Waals surface area contributed by atoms with Gasteiger partial charge in [-0.2, -0.15) is 5.10 Å². The van der Waals surface area contributed by atoms with Crippen molar-refractivity contribution in [3.63, 3.8) is 0 Å². The molecule has 3 heterocycles. The Morgan fingerprint density at radius 3 is 2.50 bits per heavy atom. The molecule has 0 bridgehead atoms. The Bertz CT molecular complexity index is 1490. The number of carbonyl (C=O) groups excluding carboxylic acids is 1. The van der Waals surface area contributed by atoms with E-state index in [0.29, 0.717) is 5.69 Å². The summed E-state index contributed by atoms with van der Waals surface area (Å²) in [7, 11) is 2.94. The number of rotatable bonds is 4. The van der Waals surface area contributed by atoms with Gasteiger partial charge in [0.15, 0.2) is 0 Å². The van der Waals surface area contributed by atoms with Crippen molar-refractivity contribution in [2.45, 2.75) is 13.8 Å². The second-order valence-electron chi connectivity index (χ2n) is 7.46. The molecule has 0 unspecified atom stereocenters. The van der Waals surface area contributed by atoms with Crippen molar-refractivity contribution in [2.75, 3.05) is 5.32 Å². The second-order valence-corrected chi connectivity index (χ2v) is 7.46. The number of benzene rings is 1. The van der Waals surface area contributed by atoms with Crippen molar-refractivity contribution in [1.29, 1.82) is 0 Å². The standard InChI is InChI=1S/C23H22N6O3/c1-14-18(15(2)29(26-14)17-8-6-5-7-9-17)10-11-20(30)25-16-12-19-21(24-13-16)27(3)23(32)28(4)22(19)31/h5-13H,1-4H3,(H,25,30)/b11-10+. The third kappa shape index (κ3) is 3.64.